The van der Waals surface area contributed by atoms with E-state index < -0.39 is 0 Å². The fraction of sp³-hybridized carbons (Fsp3) is 0.154. The molecule has 0 aliphatic rings. The first kappa shape index (κ1) is 21.7. The number of hydrogen-bond donors (Lipinski definition) is 3. The van der Waals surface area contributed by atoms with Crippen LogP contribution in [0.25, 0.3) is 33.5 Å². The Hall–Kier alpha value is -4.17. The van der Waals surface area contributed by atoms with Gasteiger partial charge in [0.15, 0.2) is 5.65 Å². The molecule has 170 valence electrons. The van der Waals surface area contributed by atoms with E-state index in [1.54, 1.807) is 30.9 Å². The van der Waals surface area contributed by atoms with Crippen LogP contribution in [0.15, 0.2) is 67.3 Å². The lowest BCUT2D eigenvalue weighted by Crippen LogP contribution is -2.11. The minimum Gasteiger partial charge on any atom is -0.398 e. The van der Waals surface area contributed by atoms with Crippen molar-refractivity contribution in [3.8, 4) is 22.4 Å². The van der Waals surface area contributed by atoms with Crippen molar-refractivity contribution in [2.24, 2.45) is 0 Å². The number of fused-ring (bicyclic) bond motifs is 1. The predicted molar refractivity (Wildman–Crippen MR) is 131 cm³/mol. The van der Waals surface area contributed by atoms with Gasteiger partial charge in [0, 0.05) is 60.1 Å². The molecule has 0 saturated carbocycles. The van der Waals surface area contributed by atoms with Crippen molar-refractivity contribution in [2.75, 3.05) is 12.3 Å². The molecule has 0 atom stereocenters. The molecular formula is C26H24FN7. The number of nitrogen functional groups attached to an aromatic ring is 1. The summed E-state index contributed by atoms with van der Waals surface area (Å²) in [5.41, 5.74) is 12.6. The van der Waals surface area contributed by atoms with Gasteiger partial charge < -0.3 is 16.0 Å². The smallest absolute Gasteiger partial charge is 0.178 e. The lowest BCUT2D eigenvalue weighted by atomic mass is 9.99. The Morgan fingerprint density at radius 1 is 1.03 bits per heavy atom. The van der Waals surface area contributed by atoms with Gasteiger partial charge in [-0.1, -0.05) is 13.0 Å². The Morgan fingerprint density at radius 3 is 2.76 bits per heavy atom. The summed E-state index contributed by atoms with van der Waals surface area (Å²) in [4.78, 5) is 21.1. The molecule has 0 fully saturated rings. The van der Waals surface area contributed by atoms with Crippen molar-refractivity contribution in [1.29, 1.82) is 0 Å². The van der Waals surface area contributed by atoms with Crippen molar-refractivity contribution < 1.29 is 4.39 Å². The van der Waals surface area contributed by atoms with Gasteiger partial charge in [0.1, 0.15) is 11.6 Å². The number of benzene rings is 1. The van der Waals surface area contributed by atoms with Gasteiger partial charge in [-0.25, -0.2) is 14.4 Å². The maximum atomic E-state index is 14.9. The molecule has 0 aliphatic carbocycles. The van der Waals surface area contributed by atoms with Gasteiger partial charge in [-0.05, 0) is 54.1 Å². The maximum absolute atomic E-state index is 14.9. The van der Waals surface area contributed by atoms with Crippen molar-refractivity contribution in [3.05, 3.63) is 90.0 Å². The summed E-state index contributed by atoms with van der Waals surface area (Å²) in [7, 11) is 0. The van der Waals surface area contributed by atoms with Crippen LogP contribution >= 0.6 is 0 Å². The van der Waals surface area contributed by atoms with E-state index in [9.17, 15) is 4.39 Å². The number of H-pyrrole nitrogens is 1. The first-order valence-electron chi connectivity index (χ1n) is 11.1. The second-order valence-electron chi connectivity index (χ2n) is 8.03. The van der Waals surface area contributed by atoms with Gasteiger partial charge in [0.2, 0.25) is 0 Å². The van der Waals surface area contributed by atoms with Crippen LogP contribution in [0.2, 0.25) is 0 Å². The molecule has 0 spiro atoms. The van der Waals surface area contributed by atoms with Gasteiger partial charge in [0.05, 0.1) is 11.2 Å². The largest absolute Gasteiger partial charge is 0.398 e. The number of halogens is 1. The van der Waals surface area contributed by atoms with Crippen LogP contribution in [-0.2, 0) is 13.0 Å². The first-order valence-corrected chi connectivity index (χ1v) is 11.1. The highest BCUT2D eigenvalue weighted by molar-refractivity contribution is 5.88. The second-order valence-corrected chi connectivity index (χ2v) is 8.03. The molecule has 0 radical (unpaired) electrons. The molecule has 4 heterocycles. The van der Waals surface area contributed by atoms with Crippen LogP contribution in [0.3, 0.4) is 0 Å². The van der Waals surface area contributed by atoms with E-state index in [4.69, 9.17) is 5.73 Å². The molecule has 4 aromatic heterocycles. The van der Waals surface area contributed by atoms with E-state index in [1.807, 2.05) is 37.3 Å². The summed E-state index contributed by atoms with van der Waals surface area (Å²) in [6.45, 7) is 3.56. The van der Waals surface area contributed by atoms with E-state index in [2.05, 4.69) is 30.2 Å². The molecule has 0 amide bonds. The molecule has 0 saturated heterocycles. The van der Waals surface area contributed by atoms with Gasteiger partial charge in [-0.3, -0.25) is 9.97 Å². The highest BCUT2D eigenvalue weighted by Gasteiger charge is 2.15. The number of hydrogen-bond acceptors (Lipinski definition) is 6. The van der Waals surface area contributed by atoms with Crippen LogP contribution in [0.4, 0.5) is 10.1 Å². The van der Waals surface area contributed by atoms with Crippen molar-refractivity contribution in [1.82, 2.24) is 30.2 Å². The van der Waals surface area contributed by atoms with Crippen LogP contribution in [-0.4, -0.2) is 31.5 Å². The standard InChI is InChI=1S/C26H24FN7/c1-2-29-13-16-9-18(15-30-14-16)20-10-17(22(28)12-21(20)27)11-24-33-25-19(6-8-32-26(25)34-24)23-5-3-4-7-31-23/h3-10,12,14-15,29H,2,11,13,28H2,1H3,(H,32,33,34). The van der Waals surface area contributed by atoms with E-state index in [0.29, 0.717) is 41.3 Å². The molecule has 5 rings (SSSR count). The lowest BCUT2D eigenvalue weighted by molar-refractivity contribution is 0.631. The normalized spacial score (nSPS) is 11.2. The Bertz CT molecular complexity index is 1450. The monoisotopic (exact) mass is 453 g/mol. The highest BCUT2D eigenvalue weighted by Crippen LogP contribution is 2.30. The number of nitrogens with zero attached hydrogens (tertiary/aromatic N) is 4. The number of imidazole rings is 1. The summed E-state index contributed by atoms with van der Waals surface area (Å²) < 4.78 is 14.9. The highest BCUT2D eigenvalue weighted by atomic mass is 19.1. The summed E-state index contributed by atoms with van der Waals surface area (Å²) in [6, 6.07) is 12.7. The minimum absolute atomic E-state index is 0.372. The minimum atomic E-state index is -0.382. The Morgan fingerprint density at radius 2 is 1.94 bits per heavy atom. The van der Waals surface area contributed by atoms with Gasteiger partial charge >= 0.3 is 0 Å². The lowest BCUT2D eigenvalue weighted by Gasteiger charge is -2.11. The Labute approximate surface area is 196 Å². The predicted octanol–water partition coefficient (Wildman–Crippen LogP) is 4.50. The molecule has 0 aliphatic heterocycles. The summed E-state index contributed by atoms with van der Waals surface area (Å²) in [5.74, 6) is 0.307. The number of rotatable bonds is 7. The average molecular weight is 454 g/mol. The van der Waals surface area contributed by atoms with Crippen LogP contribution in [0.5, 0.6) is 0 Å². The Kier molecular flexibility index (Phi) is 5.97. The SMILES string of the molecule is CCNCc1cncc(-c2cc(Cc3nc4nccc(-c5ccccn5)c4[nH]3)c(N)cc2F)c1. The third-order valence-corrected chi connectivity index (χ3v) is 5.65. The number of pyridine rings is 3. The van der Waals surface area contributed by atoms with E-state index in [1.165, 1.54) is 6.07 Å². The molecule has 4 N–H and O–H groups in total. The molecule has 0 bridgehead atoms. The molecule has 7 nitrogen and oxygen atoms in total. The van der Waals surface area contributed by atoms with Gasteiger partial charge in [-0.2, -0.15) is 0 Å². The number of nitrogens with one attached hydrogen (secondary N) is 2. The molecular weight excluding hydrogens is 429 g/mol. The third kappa shape index (κ3) is 4.35. The quantitative estimate of drug-likeness (QED) is 0.313. The molecule has 5 aromatic rings. The number of aromatic amines is 1. The topological polar surface area (TPSA) is 105 Å². The first-order chi connectivity index (χ1) is 16.6. The van der Waals surface area contributed by atoms with Crippen LogP contribution < -0.4 is 11.1 Å². The van der Waals surface area contributed by atoms with Gasteiger partial charge in [0.25, 0.3) is 0 Å². The van der Waals surface area contributed by atoms with Crippen molar-refractivity contribution >= 4 is 16.9 Å². The molecule has 8 heteroatoms. The number of nitrogens with two attached hydrogens (primary N) is 1. The average Bonchev–Trinajstić information content (AvgIpc) is 3.28. The Balaban J connectivity index is 1.50. The zero-order chi connectivity index (χ0) is 23.5. The number of anilines is 1. The van der Waals surface area contributed by atoms with Crippen LogP contribution in [0, 0.1) is 5.82 Å². The molecule has 0 unspecified atom stereocenters. The fourth-order valence-electron chi connectivity index (χ4n) is 3.97. The molecule has 1 aromatic carbocycles. The summed E-state index contributed by atoms with van der Waals surface area (Å²) in [5, 5.41) is 3.26. The van der Waals surface area contributed by atoms with E-state index in [0.717, 1.165) is 34.4 Å². The van der Waals surface area contributed by atoms with Gasteiger partial charge in [-0.15, -0.1) is 0 Å². The molecule has 34 heavy (non-hydrogen) atoms. The fourth-order valence-corrected chi connectivity index (χ4v) is 3.97. The summed E-state index contributed by atoms with van der Waals surface area (Å²) in [6.07, 6.45) is 7.32. The van der Waals surface area contributed by atoms with Crippen molar-refractivity contribution in [3.63, 3.8) is 0 Å². The zero-order valence-corrected chi connectivity index (χ0v) is 18.7. The zero-order valence-electron chi connectivity index (χ0n) is 18.7. The number of aromatic nitrogens is 5. The maximum Gasteiger partial charge on any atom is 0.178 e. The second kappa shape index (κ2) is 9.36. The van der Waals surface area contributed by atoms with Crippen molar-refractivity contribution in [2.45, 2.75) is 19.9 Å². The van der Waals surface area contributed by atoms with E-state index in [-0.39, 0.29) is 5.82 Å². The van der Waals surface area contributed by atoms with E-state index >= 15 is 0 Å². The third-order valence-electron chi connectivity index (χ3n) is 5.65. The summed E-state index contributed by atoms with van der Waals surface area (Å²) >= 11 is 0. The van der Waals surface area contributed by atoms with Crippen LogP contribution in [0.1, 0.15) is 23.9 Å².